The van der Waals surface area contributed by atoms with Crippen LogP contribution >= 0.6 is 0 Å². The standard InChI is InChI=1S/C17H17FN2O/c1-10-5-11(2)7-14(6-10)19-17(21)16-9-12-8-13(18)3-4-15(12)20-16/h3-8,16,20H,9H2,1-2H3,(H,19,21). The van der Waals surface area contributed by atoms with E-state index in [-0.39, 0.29) is 17.8 Å². The first-order chi connectivity index (χ1) is 10.0. The Morgan fingerprint density at radius 3 is 2.62 bits per heavy atom. The molecule has 0 bridgehead atoms. The summed E-state index contributed by atoms with van der Waals surface area (Å²) in [7, 11) is 0. The van der Waals surface area contributed by atoms with Gasteiger partial charge < -0.3 is 10.6 Å². The number of aryl methyl sites for hydroxylation is 2. The molecule has 1 atom stereocenters. The van der Waals surface area contributed by atoms with Gasteiger partial charge >= 0.3 is 0 Å². The third-order valence-electron chi connectivity index (χ3n) is 3.63. The normalized spacial score (nSPS) is 16.2. The number of rotatable bonds is 2. The Balaban J connectivity index is 1.73. The van der Waals surface area contributed by atoms with Crippen LogP contribution < -0.4 is 10.6 Å². The van der Waals surface area contributed by atoms with Crippen LogP contribution in [-0.2, 0) is 11.2 Å². The maximum Gasteiger partial charge on any atom is 0.247 e. The van der Waals surface area contributed by atoms with Gasteiger partial charge in [-0.1, -0.05) is 6.07 Å². The quantitative estimate of drug-likeness (QED) is 0.887. The second-order valence-corrected chi connectivity index (χ2v) is 5.57. The summed E-state index contributed by atoms with van der Waals surface area (Å²) >= 11 is 0. The maximum absolute atomic E-state index is 13.2. The Kier molecular flexibility index (Phi) is 3.37. The fourth-order valence-electron chi connectivity index (χ4n) is 2.77. The van der Waals surface area contributed by atoms with E-state index in [2.05, 4.69) is 16.7 Å². The van der Waals surface area contributed by atoms with E-state index >= 15 is 0 Å². The van der Waals surface area contributed by atoms with Gasteiger partial charge in [0.15, 0.2) is 0 Å². The largest absolute Gasteiger partial charge is 0.373 e. The molecule has 1 unspecified atom stereocenters. The molecule has 21 heavy (non-hydrogen) atoms. The monoisotopic (exact) mass is 284 g/mol. The van der Waals surface area contributed by atoms with Crippen molar-refractivity contribution in [3.05, 3.63) is 58.9 Å². The summed E-state index contributed by atoms with van der Waals surface area (Å²) < 4.78 is 13.2. The van der Waals surface area contributed by atoms with Crippen molar-refractivity contribution in [3.63, 3.8) is 0 Å². The number of hydrogen-bond acceptors (Lipinski definition) is 2. The predicted octanol–water partition coefficient (Wildman–Crippen LogP) is 3.42. The van der Waals surface area contributed by atoms with Crippen molar-refractivity contribution < 1.29 is 9.18 Å². The zero-order valence-electron chi connectivity index (χ0n) is 12.0. The highest BCUT2D eigenvalue weighted by atomic mass is 19.1. The average Bonchev–Trinajstić information content (AvgIpc) is 2.80. The first kappa shape index (κ1) is 13.6. The van der Waals surface area contributed by atoms with Gasteiger partial charge in [0.1, 0.15) is 11.9 Å². The third-order valence-corrected chi connectivity index (χ3v) is 3.63. The van der Waals surface area contributed by atoms with Gasteiger partial charge in [0.2, 0.25) is 5.91 Å². The topological polar surface area (TPSA) is 41.1 Å². The van der Waals surface area contributed by atoms with Gasteiger partial charge in [-0.05, 0) is 60.9 Å². The second kappa shape index (κ2) is 5.20. The van der Waals surface area contributed by atoms with E-state index in [4.69, 9.17) is 0 Å². The lowest BCUT2D eigenvalue weighted by Gasteiger charge is -2.13. The lowest BCUT2D eigenvalue weighted by Crippen LogP contribution is -2.32. The number of nitrogens with one attached hydrogen (secondary N) is 2. The number of anilines is 2. The molecule has 3 rings (SSSR count). The number of fused-ring (bicyclic) bond motifs is 1. The fraction of sp³-hybridized carbons (Fsp3) is 0.235. The number of halogens is 1. The molecule has 1 amide bonds. The summed E-state index contributed by atoms with van der Waals surface area (Å²) in [6.07, 6.45) is 0.504. The molecule has 1 aliphatic heterocycles. The molecule has 0 saturated heterocycles. The summed E-state index contributed by atoms with van der Waals surface area (Å²) in [5.74, 6) is -0.373. The molecular weight excluding hydrogens is 267 g/mol. The van der Waals surface area contributed by atoms with E-state index in [1.165, 1.54) is 12.1 Å². The van der Waals surface area contributed by atoms with Crippen LogP contribution in [0.25, 0.3) is 0 Å². The van der Waals surface area contributed by atoms with E-state index in [9.17, 15) is 9.18 Å². The Labute approximate surface area is 123 Å². The Morgan fingerprint density at radius 1 is 1.19 bits per heavy atom. The van der Waals surface area contributed by atoms with Crippen LogP contribution in [-0.4, -0.2) is 11.9 Å². The SMILES string of the molecule is Cc1cc(C)cc(NC(=O)C2Cc3cc(F)ccc3N2)c1. The number of hydrogen-bond donors (Lipinski definition) is 2. The van der Waals surface area contributed by atoms with Crippen LogP contribution in [0.5, 0.6) is 0 Å². The van der Waals surface area contributed by atoms with Crippen molar-refractivity contribution in [1.29, 1.82) is 0 Å². The Morgan fingerprint density at radius 2 is 1.90 bits per heavy atom. The molecule has 0 saturated carbocycles. The van der Waals surface area contributed by atoms with Gasteiger partial charge in [0.25, 0.3) is 0 Å². The summed E-state index contributed by atoms with van der Waals surface area (Å²) in [5.41, 5.74) is 4.68. The van der Waals surface area contributed by atoms with E-state index in [0.29, 0.717) is 6.42 Å². The highest BCUT2D eigenvalue weighted by Crippen LogP contribution is 2.27. The smallest absolute Gasteiger partial charge is 0.247 e. The molecule has 0 aliphatic carbocycles. The van der Waals surface area contributed by atoms with E-state index in [1.807, 2.05) is 26.0 Å². The molecule has 0 radical (unpaired) electrons. The van der Waals surface area contributed by atoms with Crippen LogP contribution in [0.3, 0.4) is 0 Å². The molecule has 2 aromatic carbocycles. The molecule has 1 heterocycles. The predicted molar refractivity (Wildman–Crippen MR) is 82.1 cm³/mol. The summed E-state index contributed by atoms with van der Waals surface area (Å²) in [5, 5.41) is 6.05. The zero-order chi connectivity index (χ0) is 15.0. The number of amides is 1. The molecule has 0 aromatic heterocycles. The lowest BCUT2D eigenvalue weighted by molar-refractivity contribution is -0.116. The number of carbonyl (C=O) groups is 1. The maximum atomic E-state index is 13.2. The Hall–Kier alpha value is -2.36. The van der Waals surface area contributed by atoms with Gasteiger partial charge in [-0.3, -0.25) is 4.79 Å². The minimum absolute atomic E-state index is 0.100. The second-order valence-electron chi connectivity index (χ2n) is 5.57. The van der Waals surface area contributed by atoms with Crippen molar-refractivity contribution in [2.45, 2.75) is 26.3 Å². The average molecular weight is 284 g/mol. The van der Waals surface area contributed by atoms with E-state index in [1.54, 1.807) is 6.07 Å². The van der Waals surface area contributed by atoms with E-state index in [0.717, 1.165) is 28.1 Å². The first-order valence-electron chi connectivity index (χ1n) is 6.95. The highest BCUT2D eigenvalue weighted by molar-refractivity contribution is 5.98. The Bertz CT molecular complexity index is 692. The van der Waals surface area contributed by atoms with Gasteiger partial charge in [-0.2, -0.15) is 0 Å². The van der Waals surface area contributed by atoms with Gasteiger partial charge in [-0.25, -0.2) is 4.39 Å². The molecule has 0 spiro atoms. The van der Waals surface area contributed by atoms with Crippen LogP contribution in [0.15, 0.2) is 36.4 Å². The van der Waals surface area contributed by atoms with Crippen molar-refractivity contribution in [1.82, 2.24) is 0 Å². The fourth-order valence-corrected chi connectivity index (χ4v) is 2.77. The lowest BCUT2D eigenvalue weighted by atomic mass is 10.1. The molecule has 1 aliphatic rings. The minimum Gasteiger partial charge on any atom is -0.373 e. The number of carbonyl (C=O) groups excluding carboxylic acids is 1. The number of benzene rings is 2. The molecule has 2 aromatic rings. The summed E-state index contributed by atoms with van der Waals surface area (Å²) in [4.78, 5) is 12.3. The molecule has 4 heteroatoms. The molecule has 0 fully saturated rings. The van der Waals surface area contributed by atoms with Crippen LogP contribution in [0.2, 0.25) is 0 Å². The third kappa shape index (κ3) is 2.89. The van der Waals surface area contributed by atoms with Crippen LogP contribution in [0, 0.1) is 19.7 Å². The minimum atomic E-state index is -0.359. The van der Waals surface area contributed by atoms with Crippen molar-refractivity contribution >= 4 is 17.3 Å². The van der Waals surface area contributed by atoms with Gasteiger partial charge in [0.05, 0.1) is 0 Å². The highest BCUT2D eigenvalue weighted by Gasteiger charge is 2.27. The van der Waals surface area contributed by atoms with Gasteiger partial charge in [0, 0.05) is 17.8 Å². The van der Waals surface area contributed by atoms with E-state index < -0.39 is 0 Å². The summed E-state index contributed by atoms with van der Waals surface area (Å²) in [6.45, 7) is 3.99. The summed E-state index contributed by atoms with van der Waals surface area (Å²) in [6, 6.07) is 10.1. The molecule has 3 nitrogen and oxygen atoms in total. The van der Waals surface area contributed by atoms with Crippen LogP contribution in [0.1, 0.15) is 16.7 Å². The first-order valence-corrected chi connectivity index (χ1v) is 6.95. The molecule has 2 N–H and O–H groups in total. The van der Waals surface area contributed by atoms with Crippen molar-refractivity contribution in [2.75, 3.05) is 10.6 Å². The molecule has 108 valence electrons. The zero-order valence-corrected chi connectivity index (χ0v) is 12.0. The van der Waals surface area contributed by atoms with Crippen molar-refractivity contribution in [2.24, 2.45) is 0 Å². The van der Waals surface area contributed by atoms with Gasteiger partial charge in [-0.15, -0.1) is 0 Å². The van der Waals surface area contributed by atoms with Crippen LogP contribution in [0.4, 0.5) is 15.8 Å². The van der Waals surface area contributed by atoms with Crippen molar-refractivity contribution in [3.8, 4) is 0 Å². The molecular formula is C17H17FN2O.